The van der Waals surface area contributed by atoms with Gasteiger partial charge in [-0.05, 0) is 30.0 Å². The Labute approximate surface area is 150 Å². The van der Waals surface area contributed by atoms with Crippen molar-refractivity contribution >= 4 is 11.8 Å². The molecule has 0 fully saturated rings. The van der Waals surface area contributed by atoms with Gasteiger partial charge in [0, 0.05) is 27.7 Å². The van der Waals surface area contributed by atoms with Crippen LogP contribution < -0.4 is 4.74 Å². The van der Waals surface area contributed by atoms with E-state index < -0.39 is 0 Å². The van der Waals surface area contributed by atoms with Crippen LogP contribution in [-0.4, -0.2) is 69.1 Å². The number of benzene rings is 1. The topological polar surface area (TPSA) is 59.1 Å². The lowest BCUT2D eigenvalue weighted by Crippen LogP contribution is -2.43. The van der Waals surface area contributed by atoms with Crippen LogP contribution in [-0.2, 0) is 14.3 Å². The van der Waals surface area contributed by atoms with Crippen LogP contribution >= 0.6 is 0 Å². The van der Waals surface area contributed by atoms with Gasteiger partial charge in [0.2, 0.25) is 5.91 Å². The third kappa shape index (κ3) is 6.74. The number of ether oxygens (including phenoxy) is 2. The molecule has 6 nitrogen and oxygen atoms in total. The number of carbonyl (C=O) groups is 2. The highest BCUT2D eigenvalue weighted by atomic mass is 16.5. The first-order chi connectivity index (χ1) is 11.8. The molecule has 0 bridgehead atoms. The van der Waals surface area contributed by atoms with Crippen LogP contribution in [0.4, 0.5) is 0 Å². The standard InChI is InChI=1S/C19H30N2O4/c1-14(2)16-8-7-15(3)11-17(16)25-13-19(23)21(9-10-24-6)12-18(22)20(4)5/h7-8,11,14H,9-10,12-13H2,1-6H3. The van der Waals surface area contributed by atoms with E-state index in [-0.39, 0.29) is 25.0 Å². The molecule has 0 heterocycles. The molecule has 0 spiro atoms. The minimum absolute atomic E-state index is 0.0173. The average molecular weight is 350 g/mol. The predicted molar refractivity (Wildman–Crippen MR) is 97.9 cm³/mol. The van der Waals surface area contributed by atoms with Crippen molar-refractivity contribution in [2.45, 2.75) is 26.7 Å². The lowest BCUT2D eigenvalue weighted by atomic mass is 10.0. The van der Waals surface area contributed by atoms with Crippen LogP contribution in [0.15, 0.2) is 18.2 Å². The highest BCUT2D eigenvalue weighted by molar-refractivity contribution is 5.85. The number of rotatable bonds is 9. The lowest BCUT2D eigenvalue weighted by molar-refractivity contribution is -0.141. The van der Waals surface area contributed by atoms with Crippen molar-refractivity contribution in [3.05, 3.63) is 29.3 Å². The minimum Gasteiger partial charge on any atom is -0.483 e. The zero-order valence-electron chi connectivity index (χ0n) is 16.2. The molecule has 2 amide bonds. The Hall–Kier alpha value is -2.08. The van der Waals surface area contributed by atoms with Gasteiger partial charge in [-0.15, -0.1) is 0 Å². The van der Waals surface area contributed by atoms with E-state index in [2.05, 4.69) is 13.8 Å². The Morgan fingerprint density at radius 2 is 1.84 bits per heavy atom. The quantitative estimate of drug-likeness (QED) is 0.684. The first kappa shape index (κ1) is 21.0. The summed E-state index contributed by atoms with van der Waals surface area (Å²) in [5, 5.41) is 0. The van der Waals surface area contributed by atoms with Gasteiger partial charge in [-0.3, -0.25) is 9.59 Å². The van der Waals surface area contributed by atoms with Crippen molar-refractivity contribution in [3.8, 4) is 5.75 Å². The van der Waals surface area contributed by atoms with Crippen molar-refractivity contribution < 1.29 is 19.1 Å². The summed E-state index contributed by atoms with van der Waals surface area (Å²) in [6.07, 6.45) is 0. The zero-order valence-corrected chi connectivity index (χ0v) is 16.2. The van der Waals surface area contributed by atoms with Crippen molar-refractivity contribution in [2.24, 2.45) is 0 Å². The summed E-state index contributed by atoms with van der Waals surface area (Å²) in [5.41, 5.74) is 2.14. The van der Waals surface area contributed by atoms with Gasteiger partial charge in [0.05, 0.1) is 13.2 Å². The second-order valence-corrected chi connectivity index (χ2v) is 6.58. The number of aryl methyl sites for hydroxylation is 1. The molecule has 0 aliphatic carbocycles. The SMILES string of the molecule is COCCN(CC(=O)N(C)C)C(=O)COc1cc(C)ccc1C(C)C. The van der Waals surface area contributed by atoms with Gasteiger partial charge in [0.25, 0.3) is 5.91 Å². The molecule has 25 heavy (non-hydrogen) atoms. The third-order valence-corrected chi connectivity index (χ3v) is 3.89. The number of carbonyl (C=O) groups excluding carboxylic acids is 2. The first-order valence-corrected chi connectivity index (χ1v) is 8.46. The number of amides is 2. The Morgan fingerprint density at radius 3 is 2.40 bits per heavy atom. The molecule has 0 saturated heterocycles. The van der Waals surface area contributed by atoms with Crippen LogP contribution in [0.5, 0.6) is 5.75 Å². The van der Waals surface area contributed by atoms with Gasteiger partial charge in [-0.2, -0.15) is 0 Å². The van der Waals surface area contributed by atoms with Gasteiger partial charge in [0.1, 0.15) is 5.75 Å². The molecule has 1 aromatic carbocycles. The Balaban J connectivity index is 2.80. The molecule has 0 radical (unpaired) electrons. The van der Waals surface area contributed by atoms with Crippen LogP contribution in [0.1, 0.15) is 30.9 Å². The van der Waals surface area contributed by atoms with Crippen LogP contribution in [0.25, 0.3) is 0 Å². The second kappa shape index (κ2) is 10.0. The lowest BCUT2D eigenvalue weighted by Gasteiger charge is -2.24. The number of methoxy groups -OCH3 is 1. The maximum atomic E-state index is 12.5. The summed E-state index contributed by atoms with van der Waals surface area (Å²) < 4.78 is 10.8. The largest absolute Gasteiger partial charge is 0.483 e. The fraction of sp³-hybridized carbons (Fsp3) is 0.579. The van der Waals surface area contributed by atoms with E-state index in [4.69, 9.17) is 9.47 Å². The first-order valence-electron chi connectivity index (χ1n) is 8.46. The normalized spacial score (nSPS) is 10.7. The van der Waals surface area contributed by atoms with Crippen molar-refractivity contribution in [1.82, 2.24) is 9.80 Å². The van der Waals surface area contributed by atoms with Crippen molar-refractivity contribution in [2.75, 3.05) is 47.5 Å². The van der Waals surface area contributed by atoms with Gasteiger partial charge in [0.15, 0.2) is 6.61 Å². The summed E-state index contributed by atoms with van der Waals surface area (Å²) >= 11 is 0. The molecule has 0 N–H and O–H groups in total. The third-order valence-electron chi connectivity index (χ3n) is 3.89. The summed E-state index contributed by atoms with van der Waals surface area (Å²) in [6, 6.07) is 6.00. The highest BCUT2D eigenvalue weighted by Gasteiger charge is 2.19. The Kier molecular flexibility index (Phi) is 8.41. The fourth-order valence-corrected chi connectivity index (χ4v) is 2.27. The van der Waals surface area contributed by atoms with Crippen LogP contribution in [0.2, 0.25) is 0 Å². The van der Waals surface area contributed by atoms with E-state index in [0.717, 1.165) is 11.1 Å². The van der Waals surface area contributed by atoms with E-state index in [1.807, 2.05) is 25.1 Å². The Morgan fingerprint density at radius 1 is 1.16 bits per heavy atom. The van der Waals surface area contributed by atoms with Crippen molar-refractivity contribution in [1.29, 1.82) is 0 Å². The molecular weight excluding hydrogens is 320 g/mol. The fourth-order valence-electron chi connectivity index (χ4n) is 2.27. The monoisotopic (exact) mass is 350 g/mol. The molecule has 0 atom stereocenters. The number of likely N-dealkylation sites (N-methyl/N-ethyl adjacent to an activating group) is 1. The summed E-state index contributed by atoms with van der Waals surface area (Å²) in [7, 11) is 4.90. The number of hydrogen-bond acceptors (Lipinski definition) is 4. The van der Waals surface area contributed by atoms with Gasteiger partial charge in [-0.1, -0.05) is 26.0 Å². The molecule has 6 heteroatoms. The van der Waals surface area contributed by atoms with Gasteiger partial charge >= 0.3 is 0 Å². The van der Waals surface area contributed by atoms with Crippen LogP contribution in [0, 0.1) is 6.92 Å². The Bertz CT molecular complexity index is 585. The van der Waals surface area contributed by atoms with E-state index in [1.165, 1.54) is 9.80 Å². The highest BCUT2D eigenvalue weighted by Crippen LogP contribution is 2.27. The predicted octanol–water partition coefficient (Wildman–Crippen LogP) is 2.06. The van der Waals surface area contributed by atoms with Crippen molar-refractivity contribution in [3.63, 3.8) is 0 Å². The van der Waals surface area contributed by atoms with Gasteiger partial charge in [-0.25, -0.2) is 0 Å². The summed E-state index contributed by atoms with van der Waals surface area (Å²) in [4.78, 5) is 27.4. The molecule has 0 aliphatic rings. The maximum Gasteiger partial charge on any atom is 0.261 e. The zero-order chi connectivity index (χ0) is 19.0. The molecule has 0 aromatic heterocycles. The molecule has 0 saturated carbocycles. The molecule has 1 rings (SSSR count). The van der Waals surface area contributed by atoms with Crippen LogP contribution in [0.3, 0.4) is 0 Å². The number of hydrogen-bond donors (Lipinski definition) is 0. The van der Waals surface area contributed by atoms with E-state index in [0.29, 0.717) is 24.8 Å². The maximum absolute atomic E-state index is 12.5. The smallest absolute Gasteiger partial charge is 0.261 e. The summed E-state index contributed by atoms with van der Waals surface area (Å²) in [6.45, 7) is 6.79. The van der Waals surface area contributed by atoms with Gasteiger partial charge < -0.3 is 19.3 Å². The molecule has 1 aromatic rings. The molecule has 140 valence electrons. The minimum atomic E-state index is -0.233. The average Bonchev–Trinajstić information content (AvgIpc) is 2.55. The summed E-state index contributed by atoms with van der Waals surface area (Å²) in [5.74, 6) is 0.644. The second-order valence-electron chi connectivity index (χ2n) is 6.58. The van der Waals surface area contributed by atoms with E-state index >= 15 is 0 Å². The molecule has 0 aliphatic heterocycles. The van der Waals surface area contributed by atoms with E-state index in [9.17, 15) is 9.59 Å². The van der Waals surface area contributed by atoms with E-state index in [1.54, 1.807) is 21.2 Å². The number of nitrogens with zero attached hydrogens (tertiary/aromatic N) is 2. The molecule has 0 unspecified atom stereocenters. The molecular formula is C19H30N2O4.